The topological polar surface area (TPSA) is 113 Å². The number of carbonyl (C=O) groups excluding carboxylic acids is 3. The first-order valence-corrected chi connectivity index (χ1v) is 7.48. The molecule has 0 bridgehead atoms. The minimum atomic E-state index is -0.673. The van der Waals surface area contributed by atoms with E-state index in [1.807, 2.05) is 13.8 Å². The highest BCUT2D eigenvalue weighted by Crippen LogP contribution is 2.25. The lowest BCUT2D eigenvalue weighted by atomic mass is 10.1. The molecule has 0 saturated heterocycles. The summed E-state index contributed by atoms with van der Waals surface area (Å²) in [6.45, 7) is 4.76. The molecule has 0 aliphatic carbocycles. The lowest BCUT2D eigenvalue weighted by molar-refractivity contribution is -0.125. The van der Waals surface area contributed by atoms with Gasteiger partial charge in [-0.1, -0.05) is 25.4 Å². The molecule has 1 atom stereocenters. The van der Waals surface area contributed by atoms with Crippen LogP contribution in [0.4, 0.5) is 11.4 Å². The number of benzene rings is 1. The molecule has 5 N–H and O–H groups in total. The normalized spacial score (nSPS) is 11.7. The monoisotopic (exact) mass is 340 g/mol. The minimum absolute atomic E-state index is 0.0271. The fourth-order valence-electron chi connectivity index (χ4n) is 1.70. The quantitative estimate of drug-likeness (QED) is 0.625. The molecule has 126 valence electrons. The lowest BCUT2D eigenvalue weighted by Gasteiger charge is -2.16. The van der Waals surface area contributed by atoms with E-state index >= 15 is 0 Å². The number of rotatable bonds is 6. The van der Waals surface area contributed by atoms with Crippen LogP contribution in [-0.4, -0.2) is 30.3 Å². The van der Waals surface area contributed by atoms with Crippen molar-refractivity contribution in [1.29, 1.82) is 0 Å². The fraction of sp³-hybridized carbons (Fsp3) is 0.400. The number of carbonyl (C=O) groups is 3. The van der Waals surface area contributed by atoms with Crippen molar-refractivity contribution >= 4 is 40.7 Å². The number of hydrogen-bond acceptors (Lipinski definition) is 4. The van der Waals surface area contributed by atoms with Gasteiger partial charge in [-0.2, -0.15) is 0 Å². The van der Waals surface area contributed by atoms with Crippen LogP contribution in [0.5, 0.6) is 0 Å². The Balaban J connectivity index is 2.67. The zero-order valence-electron chi connectivity index (χ0n) is 13.3. The third-order valence-corrected chi connectivity index (χ3v) is 3.25. The molecule has 0 aliphatic rings. The molecule has 7 nitrogen and oxygen atoms in total. The van der Waals surface area contributed by atoms with E-state index in [-0.39, 0.29) is 18.4 Å². The van der Waals surface area contributed by atoms with Gasteiger partial charge in [0.2, 0.25) is 17.7 Å². The molecular weight excluding hydrogens is 320 g/mol. The second kappa shape index (κ2) is 8.50. The summed E-state index contributed by atoms with van der Waals surface area (Å²) in [6, 6.07) is 3.99. The van der Waals surface area contributed by atoms with Gasteiger partial charge in [-0.3, -0.25) is 14.4 Å². The summed E-state index contributed by atoms with van der Waals surface area (Å²) in [6.07, 6.45) is 0. The number of amides is 3. The third kappa shape index (κ3) is 6.25. The standard InChI is InChI=1S/C15H21ClN4O3/c1-8(2)14(17)15(23)18-7-13(22)20-11-5-4-10(16)6-12(11)19-9(3)21/h4-6,8,14H,7,17H2,1-3H3,(H,18,23)(H,19,21)(H,20,22)/t14-/m0/s1. The van der Waals surface area contributed by atoms with Crippen molar-refractivity contribution in [3.05, 3.63) is 23.2 Å². The Morgan fingerprint density at radius 2 is 1.83 bits per heavy atom. The predicted octanol–water partition coefficient (Wildman–Crippen LogP) is 1.34. The second-order valence-electron chi connectivity index (χ2n) is 5.41. The first kappa shape index (κ1) is 18.9. The van der Waals surface area contributed by atoms with Crippen LogP contribution in [0.25, 0.3) is 0 Å². The Bertz CT molecular complexity index is 604. The van der Waals surface area contributed by atoms with Crippen LogP contribution in [0.15, 0.2) is 18.2 Å². The molecule has 1 aromatic rings. The van der Waals surface area contributed by atoms with Gasteiger partial charge in [0.05, 0.1) is 24.0 Å². The van der Waals surface area contributed by atoms with E-state index in [4.69, 9.17) is 17.3 Å². The number of anilines is 2. The number of nitrogens with one attached hydrogen (secondary N) is 3. The van der Waals surface area contributed by atoms with E-state index in [2.05, 4.69) is 16.0 Å². The Hall–Kier alpha value is -2.12. The van der Waals surface area contributed by atoms with Gasteiger partial charge < -0.3 is 21.7 Å². The average molecular weight is 341 g/mol. The molecule has 8 heteroatoms. The van der Waals surface area contributed by atoms with Crippen LogP contribution in [0.3, 0.4) is 0 Å². The van der Waals surface area contributed by atoms with Crippen molar-refractivity contribution < 1.29 is 14.4 Å². The maximum absolute atomic E-state index is 11.9. The Kier molecular flexibility index (Phi) is 6.99. The molecule has 23 heavy (non-hydrogen) atoms. The van der Waals surface area contributed by atoms with Crippen LogP contribution in [-0.2, 0) is 14.4 Å². The van der Waals surface area contributed by atoms with Gasteiger partial charge in [-0.15, -0.1) is 0 Å². The number of halogens is 1. The third-order valence-electron chi connectivity index (χ3n) is 3.01. The molecule has 0 saturated carbocycles. The summed E-state index contributed by atoms with van der Waals surface area (Å²) in [5.74, 6) is -1.16. The highest BCUT2D eigenvalue weighted by atomic mass is 35.5. The van der Waals surface area contributed by atoms with Crippen molar-refractivity contribution in [3.63, 3.8) is 0 Å². The molecule has 3 amide bonds. The summed E-state index contributed by atoms with van der Waals surface area (Å²) in [4.78, 5) is 34.8. The molecule has 0 unspecified atom stereocenters. The van der Waals surface area contributed by atoms with E-state index in [1.54, 1.807) is 12.1 Å². The molecule has 1 aromatic carbocycles. The van der Waals surface area contributed by atoms with Gasteiger partial charge in [0.15, 0.2) is 0 Å². The van der Waals surface area contributed by atoms with Gasteiger partial charge >= 0.3 is 0 Å². The number of nitrogens with two attached hydrogens (primary N) is 1. The maximum Gasteiger partial charge on any atom is 0.243 e. The zero-order valence-corrected chi connectivity index (χ0v) is 14.0. The highest BCUT2D eigenvalue weighted by molar-refractivity contribution is 6.31. The average Bonchev–Trinajstić information content (AvgIpc) is 2.46. The fourth-order valence-corrected chi connectivity index (χ4v) is 1.87. The lowest BCUT2D eigenvalue weighted by Crippen LogP contribution is -2.46. The Labute approximate surface area is 139 Å². The molecule has 0 spiro atoms. The summed E-state index contributed by atoms with van der Waals surface area (Å²) < 4.78 is 0. The van der Waals surface area contributed by atoms with Gasteiger partial charge in [0.25, 0.3) is 0 Å². The van der Waals surface area contributed by atoms with Crippen molar-refractivity contribution in [2.75, 3.05) is 17.2 Å². The summed E-state index contributed by atoms with van der Waals surface area (Å²) >= 11 is 5.87. The van der Waals surface area contributed by atoms with Crippen LogP contribution in [0.1, 0.15) is 20.8 Å². The molecule has 0 aromatic heterocycles. The van der Waals surface area contributed by atoms with Gasteiger partial charge in [-0.25, -0.2) is 0 Å². The first-order chi connectivity index (χ1) is 10.7. The van der Waals surface area contributed by atoms with E-state index in [9.17, 15) is 14.4 Å². The largest absolute Gasteiger partial charge is 0.346 e. The first-order valence-electron chi connectivity index (χ1n) is 7.11. The smallest absolute Gasteiger partial charge is 0.243 e. The second-order valence-corrected chi connectivity index (χ2v) is 5.84. The summed E-state index contributed by atoms with van der Waals surface area (Å²) in [5, 5.41) is 8.06. The van der Waals surface area contributed by atoms with Gasteiger partial charge in [0, 0.05) is 11.9 Å². The maximum atomic E-state index is 11.9. The van der Waals surface area contributed by atoms with E-state index in [1.165, 1.54) is 13.0 Å². The predicted molar refractivity (Wildman–Crippen MR) is 90.2 cm³/mol. The molecule has 1 rings (SSSR count). The molecule has 0 fully saturated rings. The van der Waals surface area contributed by atoms with Crippen molar-refractivity contribution in [2.45, 2.75) is 26.8 Å². The Morgan fingerprint density at radius 3 is 2.39 bits per heavy atom. The van der Waals surface area contributed by atoms with Crippen molar-refractivity contribution in [3.8, 4) is 0 Å². The molecular formula is C15H21ClN4O3. The molecule has 0 radical (unpaired) electrons. The van der Waals surface area contributed by atoms with Gasteiger partial charge in [-0.05, 0) is 24.1 Å². The van der Waals surface area contributed by atoms with E-state index < -0.39 is 17.9 Å². The minimum Gasteiger partial charge on any atom is -0.346 e. The van der Waals surface area contributed by atoms with Crippen LogP contribution in [0.2, 0.25) is 5.02 Å². The highest BCUT2D eigenvalue weighted by Gasteiger charge is 2.18. The van der Waals surface area contributed by atoms with E-state index in [0.717, 1.165) is 0 Å². The van der Waals surface area contributed by atoms with Crippen molar-refractivity contribution in [2.24, 2.45) is 11.7 Å². The SMILES string of the molecule is CC(=O)Nc1cc(Cl)ccc1NC(=O)CNC(=O)[C@@H](N)C(C)C. The van der Waals surface area contributed by atoms with Crippen LogP contribution >= 0.6 is 11.6 Å². The van der Waals surface area contributed by atoms with Crippen LogP contribution < -0.4 is 21.7 Å². The number of hydrogen-bond donors (Lipinski definition) is 4. The zero-order chi connectivity index (χ0) is 17.6. The Morgan fingerprint density at radius 1 is 1.17 bits per heavy atom. The molecule has 0 heterocycles. The van der Waals surface area contributed by atoms with Gasteiger partial charge in [0.1, 0.15) is 0 Å². The van der Waals surface area contributed by atoms with Crippen LogP contribution in [0, 0.1) is 5.92 Å². The molecule has 0 aliphatic heterocycles. The van der Waals surface area contributed by atoms with E-state index in [0.29, 0.717) is 16.4 Å². The van der Waals surface area contributed by atoms with Crippen molar-refractivity contribution in [1.82, 2.24) is 5.32 Å². The summed E-state index contributed by atoms with van der Waals surface area (Å²) in [5.41, 5.74) is 6.45. The summed E-state index contributed by atoms with van der Waals surface area (Å²) in [7, 11) is 0.